The van der Waals surface area contributed by atoms with Gasteiger partial charge in [-0.3, -0.25) is 0 Å². The predicted octanol–water partition coefficient (Wildman–Crippen LogP) is 1.35. The number of aliphatic hydroxyl groups is 1. The lowest BCUT2D eigenvalue weighted by Crippen LogP contribution is -2.45. The van der Waals surface area contributed by atoms with Gasteiger partial charge in [0.1, 0.15) is 0 Å². The molecule has 0 unspecified atom stereocenters. The summed E-state index contributed by atoms with van der Waals surface area (Å²) >= 11 is 0. The standard InChI is InChI=1S/C17H19NO6S/c1-23-13-8-10(9-14(24-2)17(13)20)7-12-16(19)11-5-3-4-6-15(11)25(21,22)18-12/h3-6,8-9,12,16,18-20H,7H2,1-2H3/t12-,16-/m0/s1. The zero-order valence-corrected chi connectivity index (χ0v) is 14.6. The van der Waals surface area contributed by atoms with Gasteiger partial charge in [0.15, 0.2) is 11.5 Å². The number of methoxy groups -OCH3 is 2. The second kappa shape index (κ2) is 6.55. The molecule has 134 valence electrons. The van der Waals surface area contributed by atoms with Gasteiger partial charge in [-0.25, -0.2) is 13.1 Å². The molecule has 3 rings (SSSR count). The monoisotopic (exact) mass is 365 g/mol. The number of nitrogens with one attached hydrogen (secondary N) is 1. The van der Waals surface area contributed by atoms with Gasteiger partial charge in [0.2, 0.25) is 15.8 Å². The first-order valence-electron chi connectivity index (χ1n) is 7.60. The van der Waals surface area contributed by atoms with Crippen LogP contribution in [0.2, 0.25) is 0 Å². The highest BCUT2D eigenvalue weighted by Crippen LogP contribution is 2.38. The highest BCUT2D eigenvalue weighted by atomic mass is 32.2. The van der Waals surface area contributed by atoms with E-state index < -0.39 is 22.2 Å². The number of aromatic hydroxyl groups is 1. The second-order valence-corrected chi connectivity index (χ2v) is 7.45. The molecule has 1 heterocycles. The van der Waals surface area contributed by atoms with Gasteiger partial charge in [0.25, 0.3) is 0 Å². The van der Waals surface area contributed by atoms with E-state index in [9.17, 15) is 18.6 Å². The SMILES string of the molecule is COc1cc(C[C@@H]2NS(=O)(=O)c3ccccc3[C@@H]2O)cc(OC)c1O. The Labute approximate surface area is 145 Å². The number of phenolic OH excluding ortho intramolecular Hbond substituents is 1. The van der Waals surface area contributed by atoms with Gasteiger partial charge in [0, 0.05) is 5.56 Å². The number of phenols is 1. The lowest BCUT2D eigenvalue weighted by atomic mass is 9.96. The van der Waals surface area contributed by atoms with Crippen LogP contribution in [0, 0.1) is 0 Å². The van der Waals surface area contributed by atoms with Gasteiger partial charge in [-0.05, 0) is 30.2 Å². The van der Waals surface area contributed by atoms with Crippen LogP contribution in [0.3, 0.4) is 0 Å². The molecule has 7 nitrogen and oxygen atoms in total. The summed E-state index contributed by atoms with van der Waals surface area (Å²) in [7, 11) is -0.887. The Bertz CT molecular complexity index is 871. The third kappa shape index (κ3) is 3.15. The molecule has 25 heavy (non-hydrogen) atoms. The number of hydrogen-bond donors (Lipinski definition) is 3. The molecule has 8 heteroatoms. The van der Waals surface area contributed by atoms with Crippen LogP contribution >= 0.6 is 0 Å². The maximum absolute atomic E-state index is 12.4. The molecule has 3 N–H and O–H groups in total. The van der Waals surface area contributed by atoms with Crippen molar-refractivity contribution >= 4 is 10.0 Å². The van der Waals surface area contributed by atoms with E-state index in [1.807, 2.05) is 0 Å². The first-order valence-corrected chi connectivity index (χ1v) is 9.09. The molecule has 2 aromatic carbocycles. The summed E-state index contributed by atoms with van der Waals surface area (Å²) in [6.45, 7) is 0. The van der Waals surface area contributed by atoms with Crippen LogP contribution in [-0.4, -0.2) is 38.9 Å². The summed E-state index contributed by atoms with van der Waals surface area (Å²) in [4.78, 5) is 0.0830. The van der Waals surface area contributed by atoms with Gasteiger partial charge in [-0.2, -0.15) is 0 Å². The third-order valence-electron chi connectivity index (χ3n) is 4.21. The maximum Gasteiger partial charge on any atom is 0.241 e. The zero-order valence-electron chi connectivity index (χ0n) is 13.8. The van der Waals surface area contributed by atoms with Crippen LogP contribution in [0.15, 0.2) is 41.3 Å². The molecule has 0 amide bonds. The topological polar surface area (TPSA) is 105 Å². The zero-order chi connectivity index (χ0) is 18.2. The molecule has 2 atom stereocenters. The second-order valence-electron chi connectivity index (χ2n) is 5.76. The van der Waals surface area contributed by atoms with Gasteiger partial charge in [-0.1, -0.05) is 18.2 Å². The molecule has 0 radical (unpaired) electrons. The van der Waals surface area contributed by atoms with E-state index in [2.05, 4.69) is 4.72 Å². The van der Waals surface area contributed by atoms with Crippen molar-refractivity contribution in [3.8, 4) is 17.2 Å². The molecule has 0 saturated heterocycles. The summed E-state index contributed by atoms with van der Waals surface area (Å²) < 4.78 is 37.6. The Hall–Kier alpha value is -2.29. The van der Waals surface area contributed by atoms with Crippen molar-refractivity contribution in [2.24, 2.45) is 0 Å². The molecule has 0 bridgehead atoms. The Morgan fingerprint density at radius 3 is 2.32 bits per heavy atom. The fourth-order valence-electron chi connectivity index (χ4n) is 2.99. The Morgan fingerprint density at radius 1 is 1.12 bits per heavy atom. The minimum absolute atomic E-state index is 0.0830. The molecular weight excluding hydrogens is 346 g/mol. The molecule has 0 aromatic heterocycles. The number of ether oxygens (including phenoxy) is 2. The van der Waals surface area contributed by atoms with Crippen LogP contribution in [0.4, 0.5) is 0 Å². The van der Waals surface area contributed by atoms with E-state index in [1.165, 1.54) is 20.3 Å². The first kappa shape index (κ1) is 17.5. The summed E-state index contributed by atoms with van der Waals surface area (Å²) in [5, 5.41) is 20.6. The van der Waals surface area contributed by atoms with Crippen molar-refractivity contribution < 1.29 is 28.1 Å². The van der Waals surface area contributed by atoms with Crippen molar-refractivity contribution in [1.82, 2.24) is 4.72 Å². The fourth-order valence-corrected chi connectivity index (χ4v) is 4.48. The Morgan fingerprint density at radius 2 is 1.72 bits per heavy atom. The van der Waals surface area contributed by atoms with E-state index in [1.54, 1.807) is 30.3 Å². The maximum atomic E-state index is 12.4. The average molecular weight is 365 g/mol. The molecule has 0 saturated carbocycles. The van der Waals surface area contributed by atoms with Crippen LogP contribution in [-0.2, 0) is 16.4 Å². The van der Waals surface area contributed by atoms with E-state index in [-0.39, 0.29) is 28.6 Å². The number of aliphatic hydroxyl groups excluding tert-OH is 1. The lowest BCUT2D eigenvalue weighted by Gasteiger charge is -2.31. The van der Waals surface area contributed by atoms with E-state index >= 15 is 0 Å². The van der Waals surface area contributed by atoms with Crippen molar-refractivity contribution in [2.45, 2.75) is 23.5 Å². The van der Waals surface area contributed by atoms with Crippen molar-refractivity contribution in [1.29, 1.82) is 0 Å². The number of hydrogen-bond acceptors (Lipinski definition) is 6. The average Bonchev–Trinajstić information content (AvgIpc) is 2.60. The molecule has 1 aliphatic heterocycles. The Balaban J connectivity index is 1.97. The largest absolute Gasteiger partial charge is 0.502 e. The van der Waals surface area contributed by atoms with Gasteiger partial charge >= 0.3 is 0 Å². The third-order valence-corrected chi connectivity index (χ3v) is 5.77. The first-order chi connectivity index (χ1) is 11.9. The highest BCUT2D eigenvalue weighted by Gasteiger charge is 2.36. The quantitative estimate of drug-likeness (QED) is 0.755. The minimum atomic E-state index is -3.71. The van der Waals surface area contributed by atoms with Crippen LogP contribution in [0.5, 0.6) is 17.2 Å². The van der Waals surface area contributed by atoms with Gasteiger partial charge in [-0.15, -0.1) is 0 Å². The molecule has 0 spiro atoms. The predicted molar refractivity (Wildman–Crippen MR) is 90.4 cm³/mol. The summed E-state index contributed by atoms with van der Waals surface area (Å²) in [5.41, 5.74) is 1.02. The number of rotatable bonds is 4. The summed E-state index contributed by atoms with van der Waals surface area (Å²) in [6.07, 6.45) is -0.799. The van der Waals surface area contributed by atoms with Crippen molar-refractivity contribution in [3.63, 3.8) is 0 Å². The number of sulfonamides is 1. The molecule has 0 fully saturated rings. The van der Waals surface area contributed by atoms with Crippen LogP contribution in [0.25, 0.3) is 0 Å². The molecular formula is C17H19NO6S. The molecule has 0 aliphatic carbocycles. The lowest BCUT2D eigenvalue weighted by molar-refractivity contribution is 0.131. The van der Waals surface area contributed by atoms with Gasteiger partial charge < -0.3 is 19.7 Å². The Kier molecular flexibility index (Phi) is 4.59. The highest BCUT2D eigenvalue weighted by molar-refractivity contribution is 7.89. The van der Waals surface area contributed by atoms with Gasteiger partial charge in [0.05, 0.1) is 31.3 Å². The number of benzene rings is 2. The molecule has 1 aliphatic rings. The summed E-state index contributed by atoms with van der Waals surface area (Å²) in [6, 6.07) is 8.78. The normalized spacial score (nSPS) is 21.4. The minimum Gasteiger partial charge on any atom is -0.502 e. The summed E-state index contributed by atoms with van der Waals surface area (Å²) in [5.74, 6) is 0.287. The van der Waals surface area contributed by atoms with Crippen molar-refractivity contribution in [2.75, 3.05) is 14.2 Å². The van der Waals surface area contributed by atoms with E-state index in [0.29, 0.717) is 11.1 Å². The van der Waals surface area contributed by atoms with Crippen molar-refractivity contribution in [3.05, 3.63) is 47.5 Å². The van der Waals surface area contributed by atoms with E-state index in [4.69, 9.17) is 9.47 Å². The number of fused-ring (bicyclic) bond motifs is 1. The van der Waals surface area contributed by atoms with E-state index in [0.717, 1.165) is 0 Å². The van der Waals surface area contributed by atoms with Crippen LogP contribution < -0.4 is 14.2 Å². The van der Waals surface area contributed by atoms with Crippen LogP contribution in [0.1, 0.15) is 17.2 Å². The smallest absolute Gasteiger partial charge is 0.241 e. The molecule has 2 aromatic rings. The fraction of sp³-hybridized carbons (Fsp3) is 0.294.